The highest BCUT2D eigenvalue weighted by atomic mass is 35.5. The van der Waals surface area contributed by atoms with Gasteiger partial charge in [-0.3, -0.25) is 4.79 Å². The SMILES string of the molecule is COC1CN(C(=O)c2ccc(Cl)cc2N)CCC1C. The maximum Gasteiger partial charge on any atom is 0.256 e. The van der Waals surface area contributed by atoms with Crippen LogP contribution in [0, 0.1) is 5.92 Å². The molecule has 1 aliphatic rings. The molecule has 2 rings (SSSR count). The number of halogens is 1. The Labute approximate surface area is 118 Å². The van der Waals surface area contributed by atoms with Crippen LogP contribution < -0.4 is 5.73 Å². The number of rotatable bonds is 2. The lowest BCUT2D eigenvalue weighted by molar-refractivity contribution is -0.00152. The Hall–Kier alpha value is -1.26. The number of anilines is 1. The van der Waals surface area contributed by atoms with E-state index in [9.17, 15) is 4.79 Å². The number of carbonyl (C=O) groups is 1. The minimum atomic E-state index is -0.0527. The molecule has 0 bridgehead atoms. The summed E-state index contributed by atoms with van der Waals surface area (Å²) in [5.41, 5.74) is 6.79. The number of amides is 1. The Balaban J connectivity index is 2.15. The summed E-state index contributed by atoms with van der Waals surface area (Å²) < 4.78 is 5.42. The van der Waals surface area contributed by atoms with E-state index < -0.39 is 0 Å². The largest absolute Gasteiger partial charge is 0.398 e. The van der Waals surface area contributed by atoms with Gasteiger partial charge in [0.15, 0.2) is 0 Å². The van der Waals surface area contributed by atoms with Crippen LogP contribution in [0.25, 0.3) is 0 Å². The molecule has 1 fully saturated rings. The van der Waals surface area contributed by atoms with Gasteiger partial charge in [0.25, 0.3) is 5.91 Å². The van der Waals surface area contributed by atoms with Gasteiger partial charge in [-0.15, -0.1) is 0 Å². The van der Waals surface area contributed by atoms with Crippen molar-refractivity contribution in [3.8, 4) is 0 Å². The number of nitrogens with two attached hydrogens (primary N) is 1. The number of hydrogen-bond acceptors (Lipinski definition) is 3. The van der Waals surface area contributed by atoms with Crippen LogP contribution in [0.2, 0.25) is 5.02 Å². The third kappa shape index (κ3) is 3.01. The van der Waals surface area contributed by atoms with Crippen molar-refractivity contribution in [3.05, 3.63) is 28.8 Å². The minimum Gasteiger partial charge on any atom is -0.398 e. The zero-order valence-corrected chi connectivity index (χ0v) is 12.0. The van der Waals surface area contributed by atoms with E-state index in [1.165, 1.54) is 0 Å². The molecule has 1 saturated heterocycles. The molecule has 1 amide bonds. The lowest BCUT2D eigenvalue weighted by Gasteiger charge is -2.36. The number of hydrogen-bond donors (Lipinski definition) is 1. The summed E-state index contributed by atoms with van der Waals surface area (Å²) in [5.74, 6) is 0.416. The molecule has 1 heterocycles. The first-order chi connectivity index (χ1) is 9.02. The summed E-state index contributed by atoms with van der Waals surface area (Å²) >= 11 is 5.85. The van der Waals surface area contributed by atoms with Gasteiger partial charge in [0, 0.05) is 30.9 Å². The molecular formula is C14H19ClN2O2. The molecule has 2 N–H and O–H groups in total. The van der Waals surface area contributed by atoms with Crippen molar-refractivity contribution in [3.63, 3.8) is 0 Å². The molecule has 0 saturated carbocycles. The summed E-state index contributed by atoms with van der Waals surface area (Å²) in [6.07, 6.45) is 1.03. The molecule has 104 valence electrons. The Morgan fingerprint density at radius 3 is 2.89 bits per heavy atom. The van der Waals surface area contributed by atoms with Crippen molar-refractivity contribution in [2.45, 2.75) is 19.4 Å². The molecule has 5 heteroatoms. The Morgan fingerprint density at radius 1 is 1.53 bits per heavy atom. The normalized spacial score (nSPS) is 23.4. The standard InChI is InChI=1S/C14H19ClN2O2/c1-9-5-6-17(8-13(9)19-2)14(18)11-4-3-10(15)7-12(11)16/h3-4,7,9,13H,5-6,8,16H2,1-2H3. The smallest absolute Gasteiger partial charge is 0.256 e. The molecule has 2 atom stereocenters. The fourth-order valence-electron chi connectivity index (χ4n) is 2.42. The van der Waals surface area contributed by atoms with Crippen LogP contribution in [0.1, 0.15) is 23.7 Å². The monoisotopic (exact) mass is 282 g/mol. The number of nitrogen functional groups attached to an aromatic ring is 1. The van der Waals surface area contributed by atoms with E-state index >= 15 is 0 Å². The molecule has 1 aromatic carbocycles. The average Bonchev–Trinajstić information content (AvgIpc) is 2.38. The third-order valence-electron chi connectivity index (χ3n) is 3.72. The summed E-state index contributed by atoms with van der Waals surface area (Å²) in [6.45, 7) is 3.49. The lowest BCUT2D eigenvalue weighted by Crippen LogP contribution is -2.46. The number of nitrogens with zero attached hydrogens (tertiary/aromatic N) is 1. The maximum absolute atomic E-state index is 12.4. The van der Waals surface area contributed by atoms with Crippen LogP contribution in [0.4, 0.5) is 5.69 Å². The molecule has 2 unspecified atom stereocenters. The second-order valence-electron chi connectivity index (χ2n) is 5.02. The zero-order valence-electron chi connectivity index (χ0n) is 11.2. The lowest BCUT2D eigenvalue weighted by atomic mass is 9.95. The Morgan fingerprint density at radius 2 is 2.26 bits per heavy atom. The van der Waals surface area contributed by atoms with Crippen molar-refractivity contribution in [1.29, 1.82) is 0 Å². The van der Waals surface area contributed by atoms with Crippen LogP contribution >= 0.6 is 11.6 Å². The van der Waals surface area contributed by atoms with Crippen molar-refractivity contribution in [2.24, 2.45) is 5.92 Å². The fraction of sp³-hybridized carbons (Fsp3) is 0.500. The number of carbonyl (C=O) groups excluding carboxylic acids is 1. The van der Waals surface area contributed by atoms with E-state index in [1.807, 2.05) is 0 Å². The van der Waals surface area contributed by atoms with E-state index in [4.69, 9.17) is 22.1 Å². The minimum absolute atomic E-state index is 0.0527. The second kappa shape index (κ2) is 5.80. The fourth-order valence-corrected chi connectivity index (χ4v) is 2.60. The van der Waals surface area contributed by atoms with Gasteiger partial charge in [-0.2, -0.15) is 0 Å². The molecule has 0 radical (unpaired) electrons. The first-order valence-corrected chi connectivity index (χ1v) is 6.77. The highest BCUT2D eigenvalue weighted by molar-refractivity contribution is 6.31. The van der Waals surface area contributed by atoms with Gasteiger partial charge < -0.3 is 15.4 Å². The summed E-state index contributed by atoms with van der Waals surface area (Å²) in [6, 6.07) is 4.97. The van der Waals surface area contributed by atoms with Gasteiger partial charge in [0.2, 0.25) is 0 Å². The highest BCUT2D eigenvalue weighted by Gasteiger charge is 2.29. The van der Waals surface area contributed by atoms with Crippen LogP contribution in [0.3, 0.4) is 0 Å². The summed E-state index contributed by atoms with van der Waals surface area (Å²) in [5, 5.41) is 0.538. The van der Waals surface area contributed by atoms with Gasteiger partial charge in [0.05, 0.1) is 11.7 Å². The molecule has 0 aliphatic carbocycles. The average molecular weight is 283 g/mol. The molecule has 19 heavy (non-hydrogen) atoms. The topological polar surface area (TPSA) is 55.6 Å². The van der Waals surface area contributed by atoms with Crippen molar-refractivity contribution in [1.82, 2.24) is 4.90 Å². The second-order valence-corrected chi connectivity index (χ2v) is 5.46. The zero-order chi connectivity index (χ0) is 14.0. The van der Waals surface area contributed by atoms with E-state index in [1.54, 1.807) is 30.2 Å². The molecule has 0 spiro atoms. The number of benzene rings is 1. The van der Waals surface area contributed by atoms with Gasteiger partial charge in [0.1, 0.15) is 0 Å². The molecule has 1 aromatic rings. The molecule has 1 aliphatic heterocycles. The first kappa shape index (κ1) is 14.2. The van der Waals surface area contributed by atoms with Crippen molar-refractivity contribution < 1.29 is 9.53 Å². The van der Waals surface area contributed by atoms with E-state index in [0.717, 1.165) is 13.0 Å². The highest BCUT2D eigenvalue weighted by Crippen LogP contribution is 2.24. The van der Waals surface area contributed by atoms with Crippen molar-refractivity contribution >= 4 is 23.2 Å². The van der Waals surface area contributed by atoms with Gasteiger partial charge in [-0.25, -0.2) is 0 Å². The maximum atomic E-state index is 12.4. The predicted molar refractivity (Wildman–Crippen MR) is 76.3 cm³/mol. The van der Waals surface area contributed by atoms with Crippen LogP contribution in [-0.4, -0.2) is 37.1 Å². The first-order valence-electron chi connectivity index (χ1n) is 6.40. The third-order valence-corrected chi connectivity index (χ3v) is 3.96. The van der Waals surface area contributed by atoms with Crippen LogP contribution in [-0.2, 0) is 4.74 Å². The Kier molecular flexibility index (Phi) is 4.32. The van der Waals surface area contributed by atoms with Gasteiger partial charge in [-0.05, 0) is 30.5 Å². The van der Waals surface area contributed by atoms with E-state index in [0.29, 0.717) is 28.7 Å². The van der Waals surface area contributed by atoms with Gasteiger partial charge >= 0.3 is 0 Å². The van der Waals surface area contributed by atoms with Crippen LogP contribution in [0.5, 0.6) is 0 Å². The summed E-state index contributed by atoms with van der Waals surface area (Å²) in [4.78, 5) is 14.2. The molecule has 4 nitrogen and oxygen atoms in total. The summed E-state index contributed by atoms with van der Waals surface area (Å²) in [7, 11) is 1.69. The Bertz CT molecular complexity index is 479. The number of ether oxygens (including phenoxy) is 1. The van der Waals surface area contributed by atoms with E-state index in [2.05, 4.69) is 6.92 Å². The van der Waals surface area contributed by atoms with Crippen molar-refractivity contribution in [2.75, 3.05) is 25.9 Å². The number of methoxy groups -OCH3 is 1. The number of likely N-dealkylation sites (tertiary alicyclic amines) is 1. The molecular weight excluding hydrogens is 264 g/mol. The number of piperidine rings is 1. The predicted octanol–water partition coefficient (Wildman–Crippen LogP) is 2.42. The van der Waals surface area contributed by atoms with Gasteiger partial charge in [-0.1, -0.05) is 18.5 Å². The quantitative estimate of drug-likeness (QED) is 0.848. The van der Waals surface area contributed by atoms with E-state index in [-0.39, 0.29) is 12.0 Å². The van der Waals surface area contributed by atoms with Crippen LogP contribution in [0.15, 0.2) is 18.2 Å². The molecule has 0 aromatic heterocycles.